The number of nitrogens with zero attached hydrogens (tertiary/aromatic N) is 3. The van der Waals surface area contributed by atoms with Crippen LogP contribution in [0.5, 0.6) is 0 Å². The third kappa shape index (κ3) is 3.55. The molecule has 106 valence electrons. The normalized spacial score (nSPS) is 10.5. The van der Waals surface area contributed by atoms with E-state index < -0.39 is 0 Å². The largest absolute Gasteiger partial charge is 0.383 e. The Morgan fingerprint density at radius 3 is 3.00 bits per heavy atom. The second kappa shape index (κ2) is 7.02. The lowest BCUT2D eigenvalue weighted by Crippen LogP contribution is -2.26. The van der Waals surface area contributed by atoms with Gasteiger partial charge in [0.1, 0.15) is 5.02 Å². The summed E-state index contributed by atoms with van der Waals surface area (Å²) in [7, 11) is 1.56. The molecule has 2 heterocycles. The highest BCUT2D eigenvalue weighted by Crippen LogP contribution is 2.15. The van der Waals surface area contributed by atoms with Gasteiger partial charge < -0.3 is 10.1 Å². The van der Waals surface area contributed by atoms with Crippen LogP contribution in [0, 0.1) is 0 Å². The number of rotatable bonds is 6. The number of nitrogens with one attached hydrogen (secondary N) is 1. The highest BCUT2D eigenvalue weighted by molar-refractivity contribution is 6.32. The zero-order chi connectivity index (χ0) is 14.4. The minimum absolute atomic E-state index is 0.118. The Morgan fingerprint density at radius 2 is 2.30 bits per heavy atom. The Kier molecular flexibility index (Phi) is 5.09. The Labute approximate surface area is 121 Å². The molecule has 0 aliphatic heterocycles. The van der Waals surface area contributed by atoms with E-state index in [9.17, 15) is 4.79 Å². The molecule has 0 aliphatic rings. The number of anilines is 1. The number of hydrogen-bond donors (Lipinski definition) is 1. The van der Waals surface area contributed by atoms with Crippen LogP contribution in [0.4, 0.5) is 5.69 Å². The summed E-state index contributed by atoms with van der Waals surface area (Å²) in [5, 5.41) is 7.22. The van der Waals surface area contributed by atoms with Crippen molar-refractivity contribution in [2.75, 3.05) is 19.0 Å². The lowest BCUT2D eigenvalue weighted by Gasteiger charge is -2.09. The van der Waals surface area contributed by atoms with E-state index in [-0.39, 0.29) is 10.6 Å². The zero-order valence-corrected chi connectivity index (χ0v) is 11.8. The van der Waals surface area contributed by atoms with Gasteiger partial charge in [0, 0.05) is 13.3 Å². The topological polar surface area (TPSA) is 69.0 Å². The number of methoxy groups -OCH3 is 1. The van der Waals surface area contributed by atoms with Crippen molar-refractivity contribution >= 4 is 17.3 Å². The molecule has 0 unspecified atom stereocenters. The fraction of sp³-hybridized carbons (Fsp3) is 0.308. The second-order valence-corrected chi connectivity index (χ2v) is 4.45. The maximum Gasteiger partial charge on any atom is 0.287 e. The summed E-state index contributed by atoms with van der Waals surface area (Å²) in [6.07, 6.45) is 3.24. The Morgan fingerprint density at radius 1 is 1.45 bits per heavy atom. The molecule has 0 aromatic carbocycles. The Bertz CT molecular complexity index is 616. The average molecular weight is 295 g/mol. The number of aromatic nitrogens is 3. The first-order valence-corrected chi connectivity index (χ1v) is 6.48. The fourth-order valence-electron chi connectivity index (χ4n) is 1.61. The van der Waals surface area contributed by atoms with Gasteiger partial charge in [-0.3, -0.25) is 9.78 Å². The minimum atomic E-state index is -0.338. The molecule has 2 aromatic rings. The van der Waals surface area contributed by atoms with Crippen molar-refractivity contribution in [1.29, 1.82) is 0 Å². The van der Waals surface area contributed by atoms with Gasteiger partial charge in [-0.15, -0.1) is 0 Å². The third-order valence-electron chi connectivity index (χ3n) is 2.68. The van der Waals surface area contributed by atoms with Gasteiger partial charge >= 0.3 is 0 Å². The standard InChI is InChI=1S/C13H15ClN4O2/c1-20-7-6-18-13(19)12(14)11(9-17-18)16-8-10-4-2-3-5-15-10/h2-5,9,16H,6-8H2,1H3. The summed E-state index contributed by atoms with van der Waals surface area (Å²) in [5.41, 5.74) is 1.01. The van der Waals surface area contributed by atoms with E-state index in [1.54, 1.807) is 13.3 Å². The molecule has 0 bridgehead atoms. The van der Waals surface area contributed by atoms with Gasteiger partial charge in [-0.2, -0.15) is 5.10 Å². The smallest absolute Gasteiger partial charge is 0.287 e. The molecule has 0 amide bonds. The summed E-state index contributed by atoms with van der Waals surface area (Å²) < 4.78 is 6.19. The van der Waals surface area contributed by atoms with Gasteiger partial charge in [0.2, 0.25) is 0 Å². The second-order valence-electron chi connectivity index (χ2n) is 4.07. The fourth-order valence-corrected chi connectivity index (χ4v) is 1.83. The van der Waals surface area contributed by atoms with Gasteiger partial charge in [-0.05, 0) is 12.1 Å². The van der Waals surface area contributed by atoms with Crippen molar-refractivity contribution in [3.05, 3.63) is 51.7 Å². The molecule has 7 heteroatoms. The van der Waals surface area contributed by atoms with Crippen LogP contribution >= 0.6 is 11.6 Å². The van der Waals surface area contributed by atoms with Gasteiger partial charge in [0.15, 0.2) is 0 Å². The molecule has 2 rings (SSSR count). The van der Waals surface area contributed by atoms with E-state index in [0.29, 0.717) is 25.4 Å². The summed E-state index contributed by atoms with van der Waals surface area (Å²) in [5.74, 6) is 0. The van der Waals surface area contributed by atoms with Crippen LogP contribution in [0.2, 0.25) is 5.02 Å². The summed E-state index contributed by atoms with van der Waals surface area (Å²) in [6, 6.07) is 5.62. The van der Waals surface area contributed by atoms with Gasteiger partial charge in [0.25, 0.3) is 5.56 Å². The zero-order valence-electron chi connectivity index (χ0n) is 11.0. The van der Waals surface area contributed by atoms with Crippen molar-refractivity contribution in [3.63, 3.8) is 0 Å². The van der Waals surface area contributed by atoms with Crippen LogP contribution in [0.1, 0.15) is 5.69 Å². The lowest BCUT2D eigenvalue weighted by atomic mass is 10.3. The van der Waals surface area contributed by atoms with Crippen LogP contribution in [0.15, 0.2) is 35.4 Å². The molecular weight excluding hydrogens is 280 g/mol. The molecule has 2 aromatic heterocycles. The quantitative estimate of drug-likeness (QED) is 0.875. The summed E-state index contributed by atoms with van der Waals surface area (Å²) in [6.45, 7) is 1.25. The number of pyridine rings is 1. The molecule has 0 fully saturated rings. The monoisotopic (exact) mass is 294 g/mol. The van der Waals surface area contributed by atoms with Crippen molar-refractivity contribution in [3.8, 4) is 0 Å². The van der Waals surface area contributed by atoms with E-state index in [1.807, 2.05) is 18.2 Å². The van der Waals surface area contributed by atoms with Crippen LogP contribution in [0.25, 0.3) is 0 Å². The molecule has 1 N–H and O–H groups in total. The lowest BCUT2D eigenvalue weighted by molar-refractivity contribution is 0.182. The Hall–Kier alpha value is -1.92. The molecule has 6 nitrogen and oxygen atoms in total. The van der Waals surface area contributed by atoms with Crippen LogP contribution in [-0.4, -0.2) is 28.5 Å². The number of hydrogen-bond acceptors (Lipinski definition) is 5. The van der Waals surface area contributed by atoms with Gasteiger partial charge in [-0.25, -0.2) is 4.68 Å². The van der Waals surface area contributed by atoms with Gasteiger partial charge in [0.05, 0.1) is 37.3 Å². The first-order valence-electron chi connectivity index (χ1n) is 6.10. The minimum Gasteiger partial charge on any atom is -0.383 e. The maximum absolute atomic E-state index is 12.0. The molecule has 0 saturated heterocycles. The van der Waals surface area contributed by atoms with Crippen molar-refractivity contribution in [2.24, 2.45) is 0 Å². The highest BCUT2D eigenvalue weighted by atomic mass is 35.5. The van der Waals surface area contributed by atoms with Crippen LogP contribution in [-0.2, 0) is 17.8 Å². The van der Waals surface area contributed by atoms with Crippen molar-refractivity contribution in [2.45, 2.75) is 13.1 Å². The first-order chi connectivity index (χ1) is 9.72. The van der Waals surface area contributed by atoms with E-state index in [0.717, 1.165) is 5.69 Å². The van der Waals surface area contributed by atoms with Crippen molar-refractivity contribution < 1.29 is 4.74 Å². The first kappa shape index (κ1) is 14.5. The molecule has 20 heavy (non-hydrogen) atoms. The Balaban J connectivity index is 2.09. The molecule has 0 saturated carbocycles. The summed E-state index contributed by atoms with van der Waals surface area (Å²) in [4.78, 5) is 16.1. The van der Waals surface area contributed by atoms with Crippen LogP contribution in [0.3, 0.4) is 0 Å². The molecule has 0 spiro atoms. The van der Waals surface area contributed by atoms with Crippen LogP contribution < -0.4 is 10.9 Å². The van der Waals surface area contributed by atoms with E-state index in [2.05, 4.69) is 15.4 Å². The maximum atomic E-state index is 12.0. The average Bonchev–Trinajstić information content (AvgIpc) is 2.49. The number of ether oxygens (including phenoxy) is 1. The van der Waals surface area contributed by atoms with E-state index in [1.165, 1.54) is 10.9 Å². The molecule has 0 aliphatic carbocycles. The van der Waals surface area contributed by atoms with E-state index >= 15 is 0 Å². The molecular formula is C13H15ClN4O2. The van der Waals surface area contributed by atoms with E-state index in [4.69, 9.17) is 16.3 Å². The molecule has 0 atom stereocenters. The van der Waals surface area contributed by atoms with Crippen molar-refractivity contribution in [1.82, 2.24) is 14.8 Å². The third-order valence-corrected chi connectivity index (χ3v) is 3.04. The predicted molar refractivity (Wildman–Crippen MR) is 76.9 cm³/mol. The SMILES string of the molecule is COCCn1ncc(NCc2ccccn2)c(Cl)c1=O. The highest BCUT2D eigenvalue weighted by Gasteiger charge is 2.09. The predicted octanol–water partition coefficient (Wildman–Crippen LogP) is 1.55. The summed E-state index contributed by atoms with van der Waals surface area (Å²) >= 11 is 6.05. The molecule has 0 radical (unpaired) electrons. The van der Waals surface area contributed by atoms with Gasteiger partial charge in [-0.1, -0.05) is 17.7 Å². The number of halogens is 1.